The molecule has 3 aromatic heterocycles. The summed E-state index contributed by atoms with van der Waals surface area (Å²) in [5.74, 6) is 1.25. The Morgan fingerprint density at radius 3 is 2.64 bits per heavy atom. The van der Waals surface area contributed by atoms with Crippen molar-refractivity contribution in [3.05, 3.63) is 77.9 Å². The topological polar surface area (TPSA) is 87.3 Å². The molecule has 1 aliphatic carbocycles. The molecule has 0 N–H and O–H groups in total. The molecule has 0 radical (unpaired) electrons. The van der Waals surface area contributed by atoms with Gasteiger partial charge in [0.05, 0.1) is 30.7 Å². The normalized spacial score (nSPS) is 14.3. The molecule has 1 aliphatic rings. The summed E-state index contributed by atoms with van der Waals surface area (Å²) in [4.78, 5) is 23.0. The van der Waals surface area contributed by atoms with E-state index in [1.54, 1.807) is 61.7 Å². The SMILES string of the molecule is CCn1cc(-c2cc(Cn3ccnc3)cc(C=O)c2OCCN(C)C(c2cc(OC)ccn2)C2CC2)c(C(F)(F)F)n1. The molecule has 1 saturated carbocycles. The second-order valence-corrected chi connectivity index (χ2v) is 10.4. The molecule has 12 heteroatoms. The van der Waals surface area contributed by atoms with Crippen LogP contribution in [-0.4, -0.2) is 62.8 Å². The molecule has 1 aromatic carbocycles. The van der Waals surface area contributed by atoms with Crippen molar-refractivity contribution in [2.24, 2.45) is 5.92 Å². The van der Waals surface area contributed by atoms with E-state index in [4.69, 9.17) is 9.47 Å². The van der Waals surface area contributed by atoms with Gasteiger partial charge in [0.15, 0.2) is 12.0 Å². The van der Waals surface area contributed by atoms with Gasteiger partial charge in [-0.05, 0) is 56.5 Å². The summed E-state index contributed by atoms with van der Waals surface area (Å²) in [5, 5.41) is 3.79. The zero-order chi connectivity index (χ0) is 29.9. The third kappa shape index (κ3) is 6.48. The number of benzene rings is 1. The summed E-state index contributed by atoms with van der Waals surface area (Å²) in [6.45, 7) is 2.87. The van der Waals surface area contributed by atoms with Crippen LogP contribution in [0.1, 0.15) is 53.1 Å². The van der Waals surface area contributed by atoms with Crippen LogP contribution in [0, 0.1) is 5.92 Å². The predicted octanol–water partition coefficient (Wildman–Crippen LogP) is 5.51. The van der Waals surface area contributed by atoms with Crippen molar-refractivity contribution < 1.29 is 27.4 Å². The van der Waals surface area contributed by atoms with E-state index in [0.717, 1.165) is 24.3 Å². The van der Waals surface area contributed by atoms with Crippen LogP contribution in [0.4, 0.5) is 13.2 Å². The first-order valence-corrected chi connectivity index (χ1v) is 13.8. The fourth-order valence-corrected chi connectivity index (χ4v) is 5.22. The lowest BCUT2D eigenvalue weighted by Gasteiger charge is -2.28. The molecule has 0 amide bonds. The highest BCUT2D eigenvalue weighted by atomic mass is 19.4. The van der Waals surface area contributed by atoms with Crippen LogP contribution in [0.5, 0.6) is 11.5 Å². The monoisotopic (exact) mass is 582 g/mol. The lowest BCUT2D eigenvalue weighted by molar-refractivity contribution is -0.141. The number of methoxy groups -OCH3 is 1. The van der Waals surface area contributed by atoms with Gasteiger partial charge in [0.2, 0.25) is 0 Å². The summed E-state index contributed by atoms with van der Waals surface area (Å²) in [5.41, 5.74) is 0.679. The zero-order valence-electron chi connectivity index (χ0n) is 23.7. The number of aromatic nitrogens is 5. The van der Waals surface area contributed by atoms with Gasteiger partial charge in [-0.1, -0.05) is 0 Å². The van der Waals surface area contributed by atoms with E-state index in [9.17, 15) is 18.0 Å². The molecule has 42 heavy (non-hydrogen) atoms. The number of halogens is 3. The van der Waals surface area contributed by atoms with Crippen LogP contribution in [0.3, 0.4) is 0 Å². The van der Waals surface area contributed by atoms with E-state index in [2.05, 4.69) is 20.0 Å². The van der Waals surface area contributed by atoms with Crippen molar-refractivity contribution in [3.8, 4) is 22.6 Å². The van der Waals surface area contributed by atoms with Crippen molar-refractivity contribution >= 4 is 6.29 Å². The Hall–Kier alpha value is -4.19. The summed E-state index contributed by atoms with van der Waals surface area (Å²) in [6, 6.07) is 7.02. The number of carbonyl (C=O) groups excluding carboxylic acids is 1. The van der Waals surface area contributed by atoms with Gasteiger partial charge in [0.25, 0.3) is 0 Å². The maximum Gasteiger partial charge on any atom is 0.435 e. The molecule has 0 spiro atoms. The molecule has 1 unspecified atom stereocenters. The molecule has 1 atom stereocenters. The summed E-state index contributed by atoms with van der Waals surface area (Å²) < 4.78 is 56.9. The first-order valence-electron chi connectivity index (χ1n) is 13.8. The van der Waals surface area contributed by atoms with Crippen molar-refractivity contribution in [1.29, 1.82) is 0 Å². The largest absolute Gasteiger partial charge is 0.497 e. The molecule has 0 aliphatic heterocycles. The molecule has 0 saturated heterocycles. The fraction of sp³-hybridized carbons (Fsp3) is 0.400. The number of hydrogen-bond donors (Lipinski definition) is 0. The van der Waals surface area contributed by atoms with E-state index in [-0.39, 0.29) is 41.6 Å². The number of aldehydes is 1. The van der Waals surface area contributed by atoms with Gasteiger partial charge in [-0.15, -0.1) is 0 Å². The van der Waals surface area contributed by atoms with Crippen LogP contribution in [0.2, 0.25) is 0 Å². The summed E-state index contributed by atoms with van der Waals surface area (Å²) in [7, 11) is 3.58. The van der Waals surface area contributed by atoms with Gasteiger partial charge in [0, 0.05) is 61.6 Å². The average Bonchev–Trinajstić information content (AvgIpc) is 3.47. The number of nitrogens with zero attached hydrogens (tertiary/aromatic N) is 6. The lowest BCUT2D eigenvalue weighted by atomic mass is 9.98. The van der Waals surface area contributed by atoms with Crippen molar-refractivity contribution in [3.63, 3.8) is 0 Å². The molecular weight excluding hydrogens is 549 g/mol. The van der Waals surface area contributed by atoms with Crippen molar-refractivity contribution in [2.45, 2.75) is 45.1 Å². The van der Waals surface area contributed by atoms with Gasteiger partial charge in [0.1, 0.15) is 18.1 Å². The molecule has 1 fully saturated rings. The zero-order valence-corrected chi connectivity index (χ0v) is 23.7. The maximum absolute atomic E-state index is 14.1. The number of hydrogen-bond acceptors (Lipinski definition) is 7. The van der Waals surface area contributed by atoms with Crippen LogP contribution < -0.4 is 9.47 Å². The number of imidazole rings is 1. The maximum atomic E-state index is 14.1. The van der Waals surface area contributed by atoms with Crippen LogP contribution in [0.25, 0.3) is 11.1 Å². The predicted molar refractivity (Wildman–Crippen MR) is 149 cm³/mol. The van der Waals surface area contributed by atoms with E-state index in [1.807, 2.05) is 13.1 Å². The van der Waals surface area contributed by atoms with Crippen LogP contribution in [-0.2, 0) is 19.3 Å². The van der Waals surface area contributed by atoms with E-state index >= 15 is 0 Å². The minimum absolute atomic E-state index is 0.0332. The minimum atomic E-state index is -4.70. The van der Waals surface area contributed by atoms with E-state index < -0.39 is 11.9 Å². The van der Waals surface area contributed by atoms with Gasteiger partial charge < -0.3 is 14.0 Å². The Morgan fingerprint density at radius 1 is 1.19 bits per heavy atom. The Morgan fingerprint density at radius 2 is 2.00 bits per heavy atom. The highest BCUT2D eigenvalue weighted by Gasteiger charge is 2.39. The van der Waals surface area contributed by atoms with Crippen molar-refractivity contribution in [2.75, 3.05) is 27.3 Å². The number of rotatable bonds is 13. The first kappa shape index (κ1) is 29.3. The second-order valence-electron chi connectivity index (χ2n) is 10.4. The molecule has 222 valence electrons. The first-order chi connectivity index (χ1) is 20.2. The fourth-order valence-electron chi connectivity index (χ4n) is 5.22. The Kier molecular flexibility index (Phi) is 8.62. The molecule has 9 nitrogen and oxygen atoms in total. The highest BCUT2D eigenvalue weighted by molar-refractivity contribution is 5.87. The Labute approximate surface area is 241 Å². The molecular formula is C30H33F3N6O3. The summed E-state index contributed by atoms with van der Waals surface area (Å²) >= 11 is 0. The number of carbonyl (C=O) groups is 1. The van der Waals surface area contributed by atoms with Crippen LogP contribution >= 0.6 is 0 Å². The third-order valence-corrected chi connectivity index (χ3v) is 7.40. The van der Waals surface area contributed by atoms with E-state index in [0.29, 0.717) is 30.9 Å². The van der Waals surface area contributed by atoms with Gasteiger partial charge in [-0.3, -0.25) is 19.4 Å². The molecule has 3 heterocycles. The smallest absolute Gasteiger partial charge is 0.435 e. The number of pyridine rings is 1. The third-order valence-electron chi connectivity index (χ3n) is 7.40. The Balaban J connectivity index is 1.47. The van der Waals surface area contributed by atoms with Crippen LogP contribution in [0.15, 0.2) is 55.4 Å². The second kappa shape index (κ2) is 12.4. The summed E-state index contributed by atoms with van der Waals surface area (Å²) in [6.07, 6.45) is 6.09. The molecule has 5 rings (SSSR count). The lowest BCUT2D eigenvalue weighted by Crippen LogP contribution is -2.31. The number of ether oxygens (including phenoxy) is 2. The Bertz CT molecular complexity index is 1520. The number of likely N-dealkylation sites (N-methyl/N-ethyl adjacent to an activating group) is 1. The van der Waals surface area contributed by atoms with Gasteiger partial charge >= 0.3 is 6.18 Å². The number of alkyl halides is 3. The van der Waals surface area contributed by atoms with E-state index in [1.165, 1.54) is 10.9 Å². The molecule has 0 bridgehead atoms. The standard InChI is InChI=1S/C30H33F3N6O3/c1-4-39-17-25(29(36-39)30(31,32)33)24-14-20(16-38-10-9-34-19-38)13-22(18-40)28(24)42-12-11-37(2)27(21-5-6-21)26-15-23(41-3)7-8-35-26/h7-10,13-15,17-19,21,27H,4-6,11-12,16H2,1-3H3. The molecule has 4 aromatic rings. The number of aryl methyl sites for hydroxylation is 1. The highest BCUT2D eigenvalue weighted by Crippen LogP contribution is 2.44. The van der Waals surface area contributed by atoms with Crippen molar-refractivity contribution in [1.82, 2.24) is 29.2 Å². The van der Waals surface area contributed by atoms with Gasteiger partial charge in [-0.2, -0.15) is 18.3 Å². The van der Waals surface area contributed by atoms with Gasteiger partial charge in [-0.25, -0.2) is 4.98 Å². The quantitative estimate of drug-likeness (QED) is 0.192. The average molecular weight is 583 g/mol. The minimum Gasteiger partial charge on any atom is -0.497 e.